The van der Waals surface area contributed by atoms with Gasteiger partial charge in [0.2, 0.25) is 11.8 Å². The molecule has 2 atom stereocenters. The molecule has 1 rings (SSSR count). The minimum Gasteiger partial charge on any atom is -0.393 e. The molecule has 1 aliphatic heterocycles. The van der Waals surface area contributed by atoms with Crippen LogP contribution in [0.5, 0.6) is 0 Å². The molecule has 0 aliphatic carbocycles. The Morgan fingerprint density at radius 3 is 2.62 bits per heavy atom. The predicted molar refractivity (Wildman–Crippen MR) is 81.8 cm³/mol. The van der Waals surface area contributed by atoms with E-state index >= 15 is 0 Å². The summed E-state index contributed by atoms with van der Waals surface area (Å²) in [6.45, 7) is 10.1. The van der Waals surface area contributed by atoms with E-state index in [1.807, 2.05) is 27.7 Å². The number of nitrogens with zero attached hydrogens (tertiary/aromatic N) is 2. The summed E-state index contributed by atoms with van der Waals surface area (Å²) >= 11 is 0. The number of aliphatic hydroxyl groups is 1. The molecule has 2 N–H and O–H groups in total. The molecule has 1 aliphatic rings. The van der Waals surface area contributed by atoms with E-state index in [9.17, 15) is 14.7 Å². The van der Waals surface area contributed by atoms with E-state index in [4.69, 9.17) is 0 Å². The zero-order valence-corrected chi connectivity index (χ0v) is 13.6. The summed E-state index contributed by atoms with van der Waals surface area (Å²) in [6.07, 6.45) is 0.435. The van der Waals surface area contributed by atoms with Gasteiger partial charge in [-0.05, 0) is 33.1 Å². The molecule has 1 fully saturated rings. The fourth-order valence-corrected chi connectivity index (χ4v) is 2.57. The maximum absolute atomic E-state index is 12.3. The topological polar surface area (TPSA) is 72.9 Å². The Morgan fingerprint density at radius 2 is 2.10 bits per heavy atom. The van der Waals surface area contributed by atoms with Crippen LogP contribution in [-0.4, -0.2) is 71.6 Å². The van der Waals surface area contributed by atoms with Crippen molar-refractivity contribution in [3.8, 4) is 0 Å². The maximum atomic E-state index is 12.3. The van der Waals surface area contributed by atoms with Crippen molar-refractivity contribution in [3.05, 3.63) is 0 Å². The number of rotatable bonds is 6. The number of piperidine rings is 1. The number of amides is 2. The number of likely N-dealkylation sites (N-methyl/N-ethyl adjacent to an activating group) is 1. The van der Waals surface area contributed by atoms with Gasteiger partial charge in [0.1, 0.15) is 0 Å². The summed E-state index contributed by atoms with van der Waals surface area (Å²) in [6, 6.07) is 0.0794. The first kappa shape index (κ1) is 17.9. The quantitative estimate of drug-likeness (QED) is 0.727. The summed E-state index contributed by atoms with van der Waals surface area (Å²) < 4.78 is 0. The number of hydrogen-bond donors (Lipinski definition) is 2. The van der Waals surface area contributed by atoms with Gasteiger partial charge in [-0.2, -0.15) is 0 Å². The van der Waals surface area contributed by atoms with Crippen LogP contribution in [0.15, 0.2) is 0 Å². The van der Waals surface area contributed by atoms with Gasteiger partial charge in [0.25, 0.3) is 0 Å². The zero-order valence-electron chi connectivity index (χ0n) is 13.6. The van der Waals surface area contributed by atoms with Crippen LogP contribution in [0.25, 0.3) is 0 Å². The second-order valence-electron chi connectivity index (χ2n) is 6.20. The van der Waals surface area contributed by atoms with E-state index in [0.717, 1.165) is 13.1 Å². The predicted octanol–water partition coefficient (Wildman–Crippen LogP) is 0.0622. The monoisotopic (exact) mass is 299 g/mol. The van der Waals surface area contributed by atoms with Gasteiger partial charge in [-0.25, -0.2) is 0 Å². The smallest absolute Gasteiger partial charge is 0.239 e. The van der Waals surface area contributed by atoms with E-state index in [1.165, 1.54) is 0 Å². The normalized spacial score (nSPS) is 23.1. The minimum absolute atomic E-state index is 0.0278. The highest BCUT2D eigenvalue weighted by molar-refractivity contribution is 5.85. The number of likely N-dealkylation sites (tertiary alicyclic amines) is 1. The molecule has 0 saturated carbocycles. The van der Waals surface area contributed by atoms with Crippen LogP contribution in [0.1, 0.15) is 34.1 Å². The molecule has 0 radical (unpaired) electrons. The lowest BCUT2D eigenvalue weighted by atomic mass is 9.97. The molecular formula is C15H29N3O3. The highest BCUT2D eigenvalue weighted by atomic mass is 16.3. The number of aliphatic hydroxyl groups excluding tert-OH is 1. The van der Waals surface area contributed by atoms with Gasteiger partial charge in [-0.1, -0.05) is 6.92 Å². The van der Waals surface area contributed by atoms with Crippen LogP contribution in [-0.2, 0) is 9.59 Å². The molecule has 2 unspecified atom stereocenters. The van der Waals surface area contributed by atoms with Gasteiger partial charge in [-0.3, -0.25) is 14.5 Å². The average molecular weight is 299 g/mol. The molecule has 21 heavy (non-hydrogen) atoms. The molecule has 6 heteroatoms. The number of hydrogen-bond acceptors (Lipinski definition) is 4. The van der Waals surface area contributed by atoms with Gasteiger partial charge in [0.15, 0.2) is 0 Å². The standard InChI is InChI=1S/C15H29N3O3/c1-5-18(9-14(20)16-11(2)3)15(21)10-17-7-6-13(19)12(4)8-17/h11-13,19H,5-10H2,1-4H3,(H,16,20). The first-order valence-corrected chi connectivity index (χ1v) is 7.81. The third-order valence-corrected chi connectivity index (χ3v) is 3.82. The molecular weight excluding hydrogens is 270 g/mol. The van der Waals surface area contributed by atoms with Crippen LogP contribution >= 0.6 is 0 Å². The van der Waals surface area contributed by atoms with Gasteiger partial charge in [0.05, 0.1) is 19.2 Å². The van der Waals surface area contributed by atoms with Gasteiger partial charge < -0.3 is 15.3 Å². The third-order valence-electron chi connectivity index (χ3n) is 3.82. The van der Waals surface area contributed by atoms with Gasteiger partial charge in [0, 0.05) is 25.7 Å². The second-order valence-corrected chi connectivity index (χ2v) is 6.20. The van der Waals surface area contributed by atoms with Crippen LogP contribution < -0.4 is 5.32 Å². The average Bonchev–Trinajstić information content (AvgIpc) is 2.39. The van der Waals surface area contributed by atoms with E-state index in [0.29, 0.717) is 19.5 Å². The molecule has 0 aromatic carbocycles. The lowest BCUT2D eigenvalue weighted by molar-refractivity contribution is -0.137. The minimum atomic E-state index is -0.268. The van der Waals surface area contributed by atoms with E-state index in [-0.39, 0.29) is 36.4 Å². The van der Waals surface area contributed by atoms with Crippen molar-refractivity contribution in [1.82, 2.24) is 15.1 Å². The van der Waals surface area contributed by atoms with Crippen LogP contribution in [0.4, 0.5) is 0 Å². The number of carbonyl (C=O) groups is 2. The molecule has 0 aromatic heterocycles. The van der Waals surface area contributed by atoms with Crippen molar-refractivity contribution >= 4 is 11.8 Å². The molecule has 2 amide bonds. The van der Waals surface area contributed by atoms with Crippen molar-refractivity contribution < 1.29 is 14.7 Å². The molecule has 0 bridgehead atoms. The van der Waals surface area contributed by atoms with Gasteiger partial charge >= 0.3 is 0 Å². The Hall–Kier alpha value is -1.14. The van der Waals surface area contributed by atoms with E-state index < -0.39 is 0 Å². The maximum Gasteiger partial charge on any atom is 0.239 e. The first-order chi connectivity index (χ1) is 9.83. The van der Waals surface area contributed by atoms with E-state index in [2.05, 4.69) is 10.2 Å². The highest BCUT2D eigenvalue weighted by Gasteiger charge is 2.26. The summed E-state index contributed by atoms with van der Waals surface area (Å²) in [5.41, 5.74) is 0. The molecule has 1 saturated heterocycles. The van der Waals surface area contributed by atoms with Crippen molar-refractivity contribution in [1.29, 1.82) is 0 Å². The number of nitrogens with one attached hydrogen (secondary N) is 1. The Labute approximate surface area is 127 Å². The summed E-state index contributed by atoms with van der Waals surface area (Å²) in [5, 5.41) is 12.5. The SMILES string of the molecule is CCN(CC(=O)NC(C)C)C(=O)CN1CCC(O)C(C)C1. The zero-order chi connectivity index (χ0) is 16.0. The number of carbonyl (C=O) groups excluding carboxylic acids is 2. The second kappa shape index (κ2) is 8.34. The summed E-state index contributed by atoms with van der Waals surface area (Å²) in [7, 11) is 0. The molecule has 1 heterocycles. The molecule has 0 spiro atoms. The van der Waals surface area contributed by atoms with Crippen molar-refractivity contribution in [2.45, 2.75) is 46.3 Å². The lowest BCUT2D eigenvalue weighted by Crippen LogP contribution is -2.49. The van der Waals surface area contributed by atoms with Crippen LogP contribution in [0.2, 0.25) is 0 Å². The fourth-order valence-electron chi connectivity index (χ4n) is 2.57. The molecule has 0 aromatic rings. The van der Waals surface area contributed by atoms with Gasteiger partial charge in [-0.15, -0.1) is 0 Å². The fraction of sp³-hybridized carbons (Fsp3) is 0.867. The van der Waals surface area contributed by atoms with Crippen molar-refractivity contribution in [2.24, 2.45) is 5.92 Å². The molecule has 122 valence electrons. The Balaban J connectivity index is 2.46. The first-order valence-electron chi connectivity index (χ1n) is 7.81. The van der Waals surface area contributed by atoms with Crippen LogP contribution in [0.3, 0.4) is 0 Å². The Kier molecular flexibility index (Phi) is 7.11. The highest BCUT2D eigenvalue weighted by Crippen LogP contribution is 2.16. The Bertz CT molecular complexity index is 360. The largest absolute Gasteiger partial charge is 0.393 e. The lowest BCUT2D eigenvalue weighted by Gasteiger charge is -2.35. The Morgan fingerprint density at radius 1 is 1.43 bits per heavy atom. The summed E-state index contributed by atoms with van der Waals surface area (Å²) in [5.74, 6) is 0.0356. The summed E-state index contributed by atoms with van der Waals surface area (Å²) in [4.78, 5) is 27.7. The third kappa shape index (κ3) is 6.01. The van der Waals surface area contributed by atoms with Crippen molar-refractivity contribution in [3.63, 3.8) is 0 Å². The molecule has 6 nitrogen and oxygen atoms in total. The van der Waals surface area contributed by atoms with E-state index in [1.54, 1.807) is 4.90 Å². The van der Waals surface area contributed by atoms with Crippen molar-refractivity contribution in [2.75, 3.05) is 32.7 Å². The van der Waals surface area contributed by atoms with Crippen LogP contribution in [0, 0.1) is 5.92 Å².